The summed E-state index contributed by atoms with van der Waals surface area (Å²) in [6.45, 7) is 3.56. The molecule has 0 bridgehead atoms. The van der Waals surface area contributed by atoms with Crippen molar-refractivity contribution in [3.63, 3.8) is 0 Å². The van der Waals surface area contributed by atoms with Crippen LogP contribution >= 0.6 is 0 Å². The van der Waals surface area contributed by atoms with Gasteiger partial charge in [-0.25, -0.2) is 0 Å². The van der Waals surface area contributed by atoms with Gasteiger partial charge in [0.05, 0.1) is 17.5 Å². The van der Waals surface area contributed by atoms with Crippen LogP contribution in [0.4, 0.5) is 0 Å². The lowest BCUT2D eigenvalue weighted by atomic mass is 9.78. The Kier molecular flexibility index (Phi) is 2.11. The summed E-state index contributed by atoms with van der Waals surface area (Å²) in [4.78, 5) is 11.8. The Morgan fingerprint density at radius 1 is 1.71 bits per heavy atom. The summed E-state index contributed by atoms with van der Waals surface area (Å²) in [6, 6.07) is 0. The third-order valence-electron chi connectivity index (χ3n) is 2.70. The highest BCUT2D eigenvalue weighted by Crippen LogP contribution is 2.23. The average molecular weight is 194 g/mol. The first-order valence-electron chi connectivity index (χ1n) is 4.69. The Hall–Kier alpha value is -1.23. The highest BCUT2D eigenvalue weighted by Gasteiger charge is 2.38. The predicted octanol–water partition coefficient (Wildman–Crippen LogP) is -0.464. The molecule has 1 aliphatic rings. The van der Waals surface area contributed by atoms with Crippen molar-refractivity contribution in [1.29, 1.82) is 0 Å². The van der Waals surface area contributed by atoms with Gasteiger partial charge in [-0.05, 0) is 0 Å². The summed E-state index contributed by atoms with van der Waals surface area (Å²) in [5, 5.41) is 10.8. The van der Waals surface area contributed by atoms with E-state index in [1.165, 1.54) is 0 Å². The molecule has 0 aromatic carbocycles. The summed E-state index contributed by atoms with van der Waals surface area (Å²) in [7, 11) is 1.80. The van der Waals surface area contributed by atoms with Crippen LogP contribution in [0.25, 0.3) is 0 Å². The lowest BCUT2D eigenvalue weighted by Gasteiger charge is -2.37. The minimum atomic E-state index is -0.183. The number of rotatable bonds is 3. The van der Waals surface area contributed by atoms with E-state index in [1.807, 2.05) is 6.92 Å². The van der Waals surface area contributed by atoms with Gasteiger partial charge in [0.1, 0.15) is 5.78 Å². The molecule has 1 saturated heterocycles. The molecule has 2 heterocycles. The zero-order valence-corrected chi connectivity index (χ0v) is 8.45. The molecule has 5 heteroatoms. The molecule has 5 nitrogen and oxygen atoms in total. The van der Waals surface area contributed by atoms with Crippen LogP contribution in [-0.4, -0.2) is 33.9 Å². The molecule has 0 atom stereocenters. The molecule has 0 radical (unpaired) electrons. The van der Waals surface area contributed by atoms with Crippen LogP contribution in [0.1, 0.15) is 12.6 Å². The number of Topliss-reactive ketones (excluding diaryl/α,β-unsaturated/α-hetero) is 1. The van der Waals surface area contributed by atoms with Gasteiger partial charge in [-0.2, -0.15) is 0 Å². The largest absolute Gasteiger partial charge is 0.315 e. The lowest BCUT2D eigenvalue weighted by molar-refractivity contribution is -0.129. The van der Waals surface area contributed by atoms with Crippen LogP contribution in [0.3, 0.4) is 0 Å². The smallest absolute Gasteiger partial charge is 0.147 e. The monoisotopic (exact) mass is 194 g/mol. The quantitative estimate of drug-likeness (QED) is 0.707. The van der Waals surface area contributed by atoms with Crippen LogP contribution in [0.2, 0.25) is 0 Å². The van der Waals surface area contributed by atoms with Crippen LogP contribution in [0.5, 0.6) is 0 Å². The van der Waals surface area contributed by atoms with Crippen molar-refractivity contribution in [2.45, 2.75) is 13.3 Å². The molecule has 1 aromatic rings. The van der Waals surface area contributed by atoms with E-state index < -0.39 is 0 Å². The van der Waals surface area contributed by atoms with Crippen molar-refractivity contribution in [3.8, 4) is 0 Å². The SMILES string of the molecule is Cn1cc(CC(=O)C2(C)CNC2)nn1. The van der Waals surface area contributed by atoms with Crippen LogP contribution in [0, 0.1) is 5.41 Å². The first kappa shape index (κ1) is 9.33. The van der Waals surface area contributed by atoms with Crippen LogP contribution < -0.4 is 5.32 Å². The summed E-state index contributed by atoms with van der Waals surface area (Å²) in [5.41, 5.74) is 0.572. The summed E-state index contributed by atoms with van der Waals surface area (Å²) >= 11 is 0. The van der Waals surface area contributed by atoms with Crippen molar-refractivity contribution in [3.05, 3.63) is 11.9 Å². The molecule has 1 N–H and O–H groups in total. The molecule has 0 aliphatic carbocycles. The van der Waals surface area contributed by atoms with Gasteiger partial charge in [0.2, 0.25) is 0 Å². The first-order chi connectivity index (χ1) is 6.60. The van der Waals surface area contributed by atoms with E-state index >= 15 is 0 Å². The number of carbonyl (C=O) groups is 1. The topological polar surface area (TPSA) is 59.8 Å². The van der Waals surface area contributed by atoms with E-state index in [2.05, 4.69) is 15.6 Å². The van der Waals surface area contributed by atoms with Crippen LogP contribution in [-0.2, 0) is 18.3 Å². The van der Waals surface area contributed by atoms with Crippen molar-refractivity contribution >= 4 is 5.78 Å². The minimum absolute atomic E-state index is 0.183. The molecule has 2 rings (SSSR count). The molecule has 1 fully saturated rings. The fourth-order valence-electron chi connectivity index (χ4n) is 1.55. The zero-order valence-electron chi connectivity index (χ0n) is 8.45. The highest BCUT2D eigenvalue weighted by molar-refractivity contribution is 5.87. The molecule has 0 spiro atoms. The van der Waals surface area contributed by atoms with Gasteiger partial charge in [0.25, 0.3) is 0 Å². The van der Waals surface area contributed by atoms with E-state index in [0.717, 1.165) is 18.8 Å². The number of hydrogen-bond donors (Lipinski definition) is 1. The van der Waals surface area contributed by atoms with E-state index in [4.69, 9.17) is 0 Å². The average Bonchev–Trinajstić information content (AvgIpc) is 2.47. The van der Waals surface area contributed by atoms with Gasteiger partial charge in [0, 0.05) is 26.3 Å². The van der Waals surface area contributed by atoms with E-state index in [1.54, 1.807) is 17.9 Å². The molecule has 14 heavy (non-hydrogen) atoms. The Morgan fingerprint density at radius 3 is 2.86 bits per heavy atom. The van der Waals surface area contributed by atoms with Gasteiger partial charge in [-0.15, -0.1) is 5.10 Å². The molecular weight excluding hydrogens is 180 g/mol. The molecule has 1 aliphatic heterocycles. The number of aryl methyl sites for hydroxylation is 1. The number of hydrogen-bond acceptors (Lipinski definition) is 4. The van der Waals surface area contributed by atoms with Crippen molar-refractivity contribution < 1.29 is 4.79 Å². The van der Waals surface area contributed by atoms with Gasteiger partial charge in [-0.3, -0.25) is 9.48 Å². The standard InChI is InChI=1S/C9H14N4O/c1-9(5-10-6-9)8(14)3-7-4-13(2)12-11-7/h4,10H,3,5-6H2,1-2H3. The summed E-state index contributed by atoms with van der Waals surface area (Å²) in [6.07, 6.45) is 2.18. The Morgan fingerprint density at radius 2 is 2.43 bits per heavy atom. The third-order valence-corrected chi connectivity index (χ3v) is 2.70. The van der Waals surface area contributed by atoms with Crippen molar-refractivity contribution in [1.82, 2.24) is 20.3 Å². The normalized spacial score (nSPS) is 19.0. The van der Waals surface area contributed by atoms with E-state index in [-0.39, 0.29) is 11.2 Å². The molecule has 1 aromatic heterocycles. The summed E-state index contributed by atoms with van der Waals surface area (Å²) < 4.78 is 1.62. The lowest BCUT2D eigenvalue weighted by Crippen LogP contribution is -2.56. The number of aromatic nitrogens is 3. The Bertz CT molecular complexity index is 353. The third kappa shape index (κ3) is 1.55. The first-order valence-corrected chi connectivity index (χ1v) is 4.69. The fraction of sp³-hybridized carbons (Fsp3) is 0.667. The van der Waals surface area contributed by atoms with Crippen LogP contribution in [0.15, 0.2) is 6.20 Å². The molecule has 0 unspecified atom stereocenters. The van der Waals surface area contributed by atoms with Gasteiger partial charge in [-0.1, -0.05) is 12.1 Å². The Balaban J connectivity index is 2.01. The molecule has 76 valence electrons. The van der Waals surface area contributed by atoms with Crippen molar-refractivity contribution in [2.75, 3.05) is 13.1 Å². The minimum Gasteiger partial charge on any atom is -0.315 e. The second kappa shape index (κ2) is 3.16. The van der Waals surface area contributed by atoms with E-state index in [0.29, 0.717) is 6.42 Å². The molecular formula is C9H14N4O. The number of nitrogens with zero attached hydrogens (tertiary/aromatic N) is 3. The number of carbonyl (C=O) groups excluding carboxylic acids is 1. The van der Waals surface area contributed by atoms with E-state index in [9.17, 15) is 4.79 Å². The summed E-state index contributed by atoms with van der Waals surface area (Å²) in [5.74, 6) is 0.247. The predicted molar refractivity (Wildman–Crippen MR) is 50.7 cm³/mol. The molecule has 0 saturated carbocycles. The number of ketones is 1. The maximum Gasteiger partial charge on any atom is 0.147 e. The van der Waals surface area contributed by atoms with Gasteiger partial charge < -0.3 is 5.32 Å². The maximum atomic E-state index is 11.8. The second-order valence-corrected chi connectivity index (χ2v) is 4.15. The Labute approximate surface area is 82.5 Å². The fourth-order valence-corrected chi connectivity index (χ4v) is 1.55. The zero-order chi connectivity index (χ0) is 10.2. The maximum absolute atomic E-state index is 11.8. The van der Waals surface area contributed by atoms with Gasteiger partial charge in [0.15, 0.2) is 0 Å². The molecule has 0 amide bonds. The second-order valence-electron chi connectivity index (χ2n) is 4.15. The highest BCUT2D eigenvalue weighted by atomic mass is 16.1. The van der Waals surface area contributed by atoms with Gasteiger partial charge >= 0.3 is 0 Å². The van der Waals surface area contributed by atoms with Crippen molar-refractivity contribution in [2.24, 2.45) is 12.5 Å². The number of nitrogens with one attached hydrogen (secondary N) is 1.